The quantitative estimate of drug-likeness (QED) is 0.463. The maximum atomic E-state index is 12.5. The normalized spacial score (nSPS) is 11.1. The minimum Gasteiger partial charge on any atom is -0.384 e. The van der Waals surface area contributed by atoms with Crippen molar-refractivity contribution >= 4 is 22.7 Å². The summed E-state index contributed by atoms with van der Waals surface area (Å²) < 4.78 is 6.81. The Labute approximate surface area is 116 Å². The molecule has 0 aliphatic rings. The first-order chi connectivity index (χ1) is 9.27. The number of nitrogens with zero attached hydrogens (tertiary/aromatic N) is 2. The van der Waals surface area contributed by atoms with Crippen LogP contribution in [0.15, 0.2) is 34.2 Å². The second-order valence-corrected chi connectivity index (χ2v) is 5.27. The molecule has 0 fully saturated rings. The highest BCUT2D eigenvalue weighted by Crippen LogP contribution is 2.17. The molecule has 4 nitrogen and oxygen atoms in total. The Morgan fingerprint density at radius 2 is 2.16 bits per heavy atom. The van der Waals surface area contributed by atoms with Gasteiger partial charge in [0, 0.05) is 19.4 Å². The van der Waals surface area contributed by atoms with E-state index in [9.17, 15) is 4.79 Å². The molecule has 1 heterocycles. The number of thioether (sulfide) groups is 1. The molecule has 0 radical (unpaired) electrons. The van der Waals surface area contributed by atoms with Gasteiger partial charge in [-0.15, -0.1) is 0 Å². The lowest BCUT2D eigenvalue weighted by Crippen LogP contribution is -2.23. The predicted molar refractivity (Wildman–Crippen MR) is 78.9 cm³/mol. The summed E-state index contributed by atoms with van der Waals surface area (Å²) in [6.07, 6.45) is 0.914. The first-order valence-electron chi connectivity index (χ1n) is 6.39. The van der Waals surface area contributed by atoms with Crippen LogP contribution < -0.4 is 5.56 Å². The van der Waals surface area contributed by atoms with Gasteiger partial charge in [0.05, 0.1) is 17.5 Å². The molecule has 2 aromatic rings. The van der Waals surface area contributed by atoms with Crippen LogP contribution >= 0.6 is 11.8 Å². The summed E-state index contributed by atoms with van der Waals surface area (Å²) in [7, 11) is 1.67. The highest BCUT2D eigenvalue weighted by Gasteiger charge is 2.10. The molecule has 1 aromatic heterocycles. The van der Waals surface area contributed by atoms with Crippen LogP contribution in [-0.2, 0) is 11.3 Å². The number of aromatic nitrogens is 2. The number of hydrogen-bond donors (Lipinski definition) is 0. The fourth-order valence-corrected chi connectivity index (χ4v) is 2.82. The molecule has 0 amide bonds. The van der Waals surface area contributed by atoms with Gasteiger partial charge in [-0.1, -0.05) is 30.8 Å². The van der Waals surface area contributed by atoms with Crippen LogP contribution in [0.4, 0.5) is 0 Å². The zero-order valence-corrected chi connectivity index (χ0v) is 12.1. The molecule has 0 unspecified atom stereocenters. The van der Waals surface area contributed by atoms with Gasteiger partial charge in [-0.05, 0) is 18.6 Å². The summed E-state index contributed by atoms with van der Waals surface area (Å²) in [5, 5.41) is 1.47. The third-order valence-electron chi connectivity index (χ3n) is 2.79. The van der Waals surface area contributed by atoms with E-state index in [1.165, 1.54) is 0 Å². The van der Waals surface area contributed by atoms with Crippen molar-refractivity contribution in [3.05, 3.63) is 34.6 Å². The smallest absolute Gasteiger partial charge is 0.262 e. The van der Waals surface area contributed by atoms with Crippen molar-refractivity contribution in [2.45, 2.75) is 25.0 Å². The van der Waals surface area contributed by atoms with Gasteiger partial charge in [0.15, 0.2) is 5.16 Å². The zero-order valence-electron chi connectivity index (χ0n) is 11.3. The van der Waals surface area contributed by atoms with Crippen molar-refractivity contribution in [3.8, 4) is 0 Å². The molecule has 0 aliphatic carbocycles. The topological polar surface area (TPSA) is 44.1 Å². The average molecular weight is 278 g/mol. The fourth-order valence-electron chi connectivity index (χ4n) is 1.89. The monoisotopic (exact) mass is 278 g/mol. The molecule has 102 valence electrons. The van der Waals surface area contributed by atoms with Crippen LogP contribution in [0.1, 0.15) is 13.3 Å². The van der Waals surface area contributed by atoms with Gasteiger partial charge in [-0.2, -0.15) is 0 Å². The predicted octanol–water partition coefficient (Wildman–Crippen LogP) is 2.55. The van der Waals surface area contributed by atoms with E-state index in [0.717, 1.165) is 22.8 Å². The molecule has 0 aliphatic heterocycles. The maximum Gasteiger partial charge on any atom is 0.262 e. The Balaban J connectivity index is 2.47. The summed E-state index contributed by atoms with van der Waals surface area (Å²) in [5.74, 6) is 0.797. The van der Waals surface area contributed by atoms with Gasteiger partial charge in [0.25, 0.3) is 5.56 Å². The molecule has 0 saturated carbocycles. The molecular weight excluding hydrogens is 260 g/mol. The second-order valence-electron chi connectivity index (χ2n) is 4.21. The highest BCUT2D eigenvalue weighted by atomic mass is 32.2. The van der Waals surface area contributed by atoms with Gasteiger partial charge in [0.2, 0.25) is 0 Å². The number of fused-ring (bicyclic) bond motifs is 1. The van der Waals surface area contributed by atoms with Gasteiger partial charge >= 0.3 is 0 Å². The van der Waals surface area contributed by atoms with Crippen LogP contribution in [0.2, 0.25) is 0 Å². The van der Waals surface area contributed by atoms with E-state index in [4.69, 9.17) is 4.74 Å². The second kappa shape index (κ2) is 6.73. The summed E-state index contributed by atoms with van der Waals surface area (Å²) in [4.78, 5) is 17.0. The first kappa shape index (κ1) is 14.1. The molecule has 0 N–H and O–H groups in total. The number of para-hydroxylation sites is 1. The Morgan fingerprint density at radius 1 is 1.37 bits per heavy atom. The van der Waals surface area contributed by atoms with Crippen molar-refractivity contribution in [2.24, 2.45) is 0 Å². The lowest BCUT2D eigenvalue weighted by atomic mass is 10.2. The third-order valence-corrected chi connectivity index (χ3v) is 3.73. The van der Waals surface area contributed by atoms with Gasteiger partial charge in [-0.3, -0.25) is 9.36 Å². The van der Waals surface area contributed by atoms with E-state index in [-0.39, 0.29) is 5.56 Å². The van der Waals surface area contributed by atoms with Crippen molar-refractivity contribution in [1.29, 1.82) is 0 Å². The summed E-state index contributed by atoms with van der Waals surface area (Å²) >= 11 is 1.57. The molecule has 0 saturated heterocycles. The first-order valence-corrected chi connectivity index (χ1v) is 7.37. The van der Waals surface area contributed by atoms with E-state index >= 15 is 0 Å². The van der Waals surface area contributed by atoms with E-state index in [2.05, 4.69) is 11.9 Å². The molecule has 2 rings (SSSR count). The molecule has 5 heteroatoms. The lowest BCUT2D eigenvalue weighted by molar-refractivity contribution is 0.218. The van der Waals surface area contributed by atoms with Crippen molar-refractivity contribution < 1.29 is 4.74 Å². The number of rotatable bonds is 6. The molecule has 19 heavy (non-hydrogen) atoms. The number of hydrogen-bond acceptors (Lipinski definition) is 4. The van der Waals surface area contributed by atoms with Gasteiger partial charge in [-0.25, -0.2) is 4.98 Å². The number of benzene rings is 1. The van der Waals surface area contributed by atoms with Gasteiger partial charge in [0.1, 0.15) is 0 Å². The molecule has 1 aromatic carbocycles. The van der Waals surface area contributed by atoms with E-state index in [1.54, 1.807) is 23.4 Å². The Hall–Kier alpha value is -1.33. The SMILES string of the molecule is CCCn1c(SCCOC)nc2ccccc2c1=O. The fraction of sp³-hybridized carbons (Fsp3) is 0.429. The number of ether oxygens (including phenoxy) is 1. The minimum absolute atomic E-state index is 0.0485. The largest absolute Gasteiger partial charge is 0.384 e. The molecular formula is C14H18N2O2S. The van der Waals surface area contributed by atoms with Crippen molar-refractivity contribution in [2.75, 3.05) is 19.5 Å². The molecule has 0 spiro atoms. The standard InChI is InChI=1S/C14H18N2O2S/c1-3-8-16-13(17)11-6-4-5-7-12(11)15-14(16)19-10-9-18-2/h4-7H,3,8-10H2,1-2H3. The average Bonchev–Trinajstić information content (AvgIpc) is 2.43. The van der Waals surface area contributed by atoms with Crippen LogP contribution in [0.5, 0.6) is 0 Å². The lowest BCUT2D eigenvalue weighted by Gasteiger charge is -2.11. The summed E-state index contributed by atoms with van der Waals surface area (Å²) in [6.45, 7) is 3.41. The minimum atomic E-state index is 0.0485. The van der Waals surface area contributed by atoms with Crippen LogP contribution in [-0.4, -0.2) is 29.0 Å². The summed E-state index contributed by atoms with van der Waals surface area (Å²) in [6, 6.07) is 7.50. The Kier molecular flexibility index (Phi) is 4.99. The van der Waals surface area contributed by atoms with Crippen LogP contribution in [0.3, 0.4) is 0 Å². The van der Waals surface area contributed by atoms with E-state index < -0.39 is 0 Å². The van der Waals surface area contributed by atoms with Gasteiger partial charge < -0.3 is 4.74 Å². The number of methoxy groups -OCH3 is 1. The highest BCUT2D eigenvalue weighted by molar-refractivity contribution is 7.99. The molecule has 0 bridgehead atoms. The van der Waals surface area contributed by atoms with Crippen LogP contribution in [0.25, 0.3) is 10.9 Å². The van der Waals surface area contributed by atoms with Crippen LogP contribution in [0, 0.1) is 0 Å². The Bertz CT molecular complexity index is 610. The van der Waals surface area contributed by atoms with Crippen molar-refractivity contribution in [1.82, 2.24) is 9.55 Å². The molecule has 0 atom stereocenters. The Morgan fingerprint density at radius 3 is 2.89 bits per heavy atom. The zero-order chi connectivity index (χ0) is 13.7. The third kappa shape index (κ3) is 3.16. The van der Waals surface area contributed by atoms with E-state index in [0.29, 0.717) is 18.5 Å². The van der Waals surface area contributed by atoms with Crippen molar-refractivity contribution in [3.63, 3.8) is 0 Å². The van der Waals surface area contributed by atoms with E-state index in [1.807, 2.05) is 24.3 Å². The maximum absolute atomic E-state index is 12.5. The summed E-state index contributed by atoms with van der Waals surface area (Å²) in [5.41, 5.74) is 0.812.